The highest BCUT2D eigenvalue weighted by molar-refractivity contribution is 7.86. The van der Waals surface area contributed by atoms with E-state index in [2.05, 4.69) is 0 Å². The maximum absolute atomic E-state index is 11.3. The van der Waals surface area contributed by atoms with Gasteiger partial charge in [0, 0.05) is 5.69 Å². The van der Waals surface area contributed by atoms with Crippen LogP contribution in [0.4, 0.5) is 5.69 Å². The molecule has 3 N–H and O–H groups in total. The van der Waals surface area contributed by atoms with Crippen LogP contribution >= 0.6 is 0 Å². The molecule has 0 aliphatic heterocycles. The average molecular weight is 309 g/mol. The number of nitrogens with two attached hydrogens (primary N) is 1. The van der Waals surface area contributed by atoms with Gasteiger partial charge in [-0.15, -0.1) is 0 Å². The first kappa shape index (κ1) is 15.1. The van der Waals surface area contributed by atoms with E-state index in [9.17, 15) is 13.0 Å². The summed E-state index contributed by atoms with van der Waals surface area (Å²) in [5, 5.41) is 0. The third-order valence-corrected chi connectivity index (χ3v) is 3.48. The molecule has 0 aromatic heterocycles. The summed E-state index contributed by atoms with van der Waals surface area (Å²) in [4.78, 5) is -0.378. The van der Waals surface area contributed by atoms with Crippen LogP contribution in [0.1, 0.15) is 6.92 Å². The van der Waals surface area contributed by atoms with Crippen LogP contribution in [0.2, 0.25) is 0 Å². The van der Waals surface area contributed by atoms with Crippen molar-refractivity contribution in [1.82, 2.24) is 0 Å². The van der Waals surface area contributed by atoms with Gasteiger partial charge in [-0.3, -0.25) is 4.55 Å². The van der Waals surface area contributed by atoms with Crippen LogP contribution in [0.3, 0.4) is 0 Å². The van der Waals surface area contributed by atoms with Crippen molar-refractivity contribution in [3.05, 3.63) is 42.5 Å². The zero-order valence-electron chi connectivity index (χ0n) is 11.3. The summed E-state index contributed by atoms with van der Waals surface area (Å²) in [6, 6.07) is 10.7. The Morgan fingerprint density at radius 2 is 1.71 bits per heavy atom. The van der Waals surface area contributed by atoms with Crippen molar-refractivity contribution in [2.45, 2.75) is 11.8 Å². The van der Waals surface area contributed by atoms with E-state index in [-0.39, 0.29) is 16.3 Å². The fraction of sp³-hybridized carbons (Fsp3) is 0.143. The SMILES string of the molecule is CCOc1ccc(Oc2ccc(N)cc2S(=O)(=O)O)cc1. The fourth-order valence-corrected chi connectivity index (χ4v) is 2.36. The molecule has 112 valence electrons. The second kappa shape index (κ2) is 6.02. The minimum atomic E-state index is -4.42. The molecule has 0 radical (unpaired) electrons. The van der Waals surface area contributed by atoms with Crippen LogP contribution in [-0.4, -0.2) is 19.6 Å². The molecule has 0 amide bonds. The van der Waals surface area contributed by atoms with Crippen molar-refractivity contribution in [3.8, 4) is 17.2 Å². The number of hydrogen-bond donors (Lipinski definition) is 2. The Labute approximate surface area is 122 Å². The Hall–Kier alpha value is -2.25. The quantitative estimate of drug-likeness (QED) is 0.651. The van der Waals surface area contributed by atoms with E-state index in [4.69, 9.17) is 15.2 Å². The molecule has 0 atom stereocenters. The first-order valence-corrected chi connectivity index (χ1v) is 7.62. The topological polar surface area (TPSA) is 98.9 Å². The van der Waals surface area contributed by atoms with Gasteiger partial charge >= 0.3 is 0 Å². The van der Waals surface area contributed by atoms with Crippen LogP contribution in [-0.2, 0) is 10.1 Å². The van der Waals surface area contributed by atoms with Crippen LogP contribution in [0.15, 0.2) is 47.4 Å². The van der Waals surface area contributed by atoms with Crippen LogP contribution < -0.4 is 15.2 Å². The van der Waals surface area contributed by atoms with Gasteiger partial charge < -0.3 is 15.2 Å². The van der Waals surface area contributed by atoms with E-state index >= 15 is 0 Å². The molecule has 0 aliphatic rings. The van der Waals surface area contributed by atoms with E-state index in [1.165, 1.54) is 12.1 Å². The highest BCUT2D eigenvalue weighted by Crippen LogP contribution is 2.31. The monoisotopic (exact) mass is 309 g/mol. The number of rotatable bonds is 5. The number of hydrogen-bond acceptors (Lipinski definition) is 5. The molecule has 0 saturated heterocycles. The van der Waals surface area contributed by atoms with Gasteiger partial charge in [-0.1, -0.05) is 0 Å². The van der Waals surface area contributed by atoms with Gasteiger partial charge in [-0.05, 0) is 49.4 Å². The van der Waals surface area contributed by atoms with Crippen LogP contribution in [0.5, 0.6) is 17.2 Å². The normalized spacial score (nSPS) is 11.1. The van der Waals surface area contributed by atoms with Gasteiger partial charge in [0.25, 0.3) is 10.1 Å². The highest BCUT2D eigenvalue weighted by Gasteiger charge is 2.17. The van der Waals surface area contributed by atoms with Crippen molar-refractivity contribution < 1.29 is 22.4 Å². The van der Waals surface area contributed by atoms with Gasteiger partial charge in [0.05, 0.1) is 6.61 Å². The Bertz CT molecular complexity index is 726. The first-order chi connectivity index (χ1) is 9.90. The van der Waals surface area contributed by atoms with Gasteiger partial charge in [-0.25, -0.2) is 0 Å². The lowest BCUT2D eigenvalue weighted by molar-refractivity contribution is 0.339. The summed E-state index contributed by atoms with van der Waals surface area (Å²) in [7, 11) is -4.42. The molecule has 0 saturated carbocycles. The lowest BCUT2D eigenvalue weighted by atomic mass is 10.3. The minimum Gasteiger partial charge on any atom is -0.494 e. The molecular weight excluding hydrogens is 294 g/mol. The van der Waals surface area contributed by atoms with E-state index in [1.807, 2.05) is 6.92 Å². The van der Waals surface area contributed by atoms with E-state index in [1.54, 1.807) is 24.3 Å². The highest BCUT2D eigenvalue weighted by atomic mass is 32.2. The first-order valence-electron chi connectivity index (χ1n) is 6.18. The number of benzene rings is 2. The van der Waals surface area contributed by atoms with Crippen molar-refractivity contribution in [1.29, 1.82) is 0 Å². The van der Waals surface area contributed by atoms with Crippen LogP contribution in [0.25, 0.3) is 0 Å². The fourth-order valence-electron chi connectivity index (χ4n) is 1.71. The molecule has 6 nitrogen and oxygen atoms in total. The average Bonchev–Trinajstić information content (AvgIpc) is 2.42. The molecule has 21 heavy (non-hydrogen) atoms. The lowest BCUT2D eigenvalue weighted by Crippen LogP contribution is -2.02. The Morgan fingerprint density at radius 1 is 1.10 bits per heavy atom. The summed E-state index contributed by atoms with van der Waals surface area (Å²) >= 11 is 0. The largest absolute Gasteiger partial charge is 0.494 e. The van der Waals surface area contributed by atoms with Crippen molar-refractivity contribution >= 4 is 15.8 Å². The molecule has 0 bridgehead atoms. The molecule has 0 unspecified atom stereocenters. The molecule has 2 aromatic rings. The van der Waals surface area contributed by atoms with E-state index in [0.29, 0.717) is 18.1 Å². The summed E-state index contributed by atoms with van der Waals surface area (Å²) < 4.78 is 42.6. The van der Waals surface area contributed by atoms with Crippen molar-refractivity contribution in [2.75, 3.05) is 12.3 Å². The smallest absolute Gasteiger partial charge is 0.298 e. The molecule has 0 fully saturated rings. The maximum atomic E-state index is 11.3. The molecule has 2 aromatic carbocycles. The second-order valence-electron chi connectivity index (χ2n) is 4.19. The lowest BCUT2D eigenvalue weighted by Gasteiger charge is -2.10. The third-order valence-electron chi connectivity index (χ3n) is 2.61. The molecule has 0 heterocycles. The maximum Gasteiger partial charge on any atom is 0.298 e. The zero-order valence-corrected chi connectivity index (χ0v) is 12.1. The van der Waals surface area contributed by atoms with Gasteiger partial charge in [0.2, 0.25) is 0 Å². The molecule has 0 aliphatic carbocycles. The van der Waals surface area contributed by atoms with Gasteiger partial charge in [-0.2, -0.15) is 8.42 Å². The summed E-state index contributed by atoms with van der Waals surface area (Å²) in [6.07, 6.45) is 0. The zero-order chi connectivity index (χ0) is 15.5. The summed E-state index contributed by atoms with van der Waals surface area (Å²) in [5.74, 6) is 1.08. The van der Waals surface area contributed by atoms with E-state index < -0.39 is 10.1 Å². The Kier molecular flexibility index (Phi) is 4.35. The third kappa shape index (κ3) is 3.87. The van der Waals surface area contributed by atoms with E-state index in [0.717, 1.165) is 6.07 Å². The summed E-state index contributed by atoms with van der Waals surface area (Å²) in [5.41, 5.74) is 5.73. The standard InChI is InChI=1S/C14H15NO5S/c1-2-19-11-4-6-12(7-5-11)20-13-8-3-10(15)9-14(13)21(16,17)18/h3-9H,2,15H2,1H3,(H,16,17,18). The molecular formula is C14H15NO5S. The predicted molar refractivity (Wildman–Crippen MR) is 78.4 cm³/mol. The predicted octanol–water partition coefficient (Wildman–Crippen LogP) is 2.71. The number of anilines is 1. The molecule has 0 spiro atoms. The Balaban J connectivity index is 2.31. The van der Waals surface area contributed by atoms with Gasteiger partial charge in [0.15, 0.2) is 0 Å². The molecule has 2 rings (SSSR count). The van der Waals surface area contributed by atoms with Crippen molar-refractivity contribution in [2.24, 2.45) is 0 Å². The number of ether oxygens (including phenoxy) is 2. The molecule has 7 heteroatoms. The van der Waals surface area contributed by atoms with Crippen molar-refractivity contribution in [3.63, 3.8) is 0 Å². The summed E-state index contributed by atoms with van der Waals surface area (Å²) in [6.45, 7) is 2.42. The Morgan fingerprint density at radius 3 is 2.29 bits per heavy atom. The minimum absolute atomic E-state index is 0.00383. The van der Waals surface area contributed by atoms with Gasteiger partial charge in [0.1, 0.15) is 22.1 Å². The second-order valence-corrected chi connectivity index (χ2v) is 5.58. The number of nitrogen functional groups attached to an aromatic ring is 1. The van der Waals surface area contributed by atoms with Crippen LogP contribution in [0, 0.1) is 0 Å².